The molecule has 97 heavy (non-hydrogen) atoms. The van der Waals surface area contributed by atoms with E-state index < -0.39 is 97.5 Å². The molecule has 0 saturated carbocycles. The molecule has 0 aliphatic carbocycles. The number of hydrogen-bond acceptors (Lipinski definition) is 15. The fourth-order valence-electron chi connectivity index (χ4n) is 12.0. The predicted molar refractivity (Wildman–Crippen MR) is 395 cm³/mol. The highest BCUT2D eigenvalue weighted by atomic mass is 31.2. The smallest absolute Gasteiger partial charge is 0.462 e. The summed E-state index contributed by atoms with van der Waals surface area (Å²) in [6, 6.07) is 0. The van der Waals surface area contributed by atoms with E-state index in [-0.39, 0.29) is 25.7 Å². The van der Waals surface area contributed by atoms with Crippen LogP contribution in [-0.4, -0.2) is 96.7 Å². The van der Waals surface area contributed by atoms with Gasteiger partial charge in [-0.3, -0.25) is 37.3 Å². The van der Waals surface area contributed by atoms with Crippen LogP contribution in [0.5, 0.6) is 0 Å². The second kappa shape index (κ2) is 71.1. The lowest BCUT2D eigenvalue weighted by atomic mass is 10.00. The van der Waals surface area contributed by atoms with Crippen LogP contribution in [0.3, 0.4) is 0 Å². The molecular weight excluding hydrogens is 1270 g/mol. The van der Waals surface area contributed by atoms with Crippen molar-refractivity contribution in [3.63, 3.8) is 0 Å². The number of rotatable bonds is 78. The van der Waals surface area contributed by atoms with Gasteiger partial charge in [-0.05, 0) is 31.6 Å². The molecule has 0 aromatic carbocycles. The van der Waals surface area contributed by atoms with Gasteiger partial charge in [-0.25, -0.2) is 9.13 Å². The summed E-state index contributed by atoms with van der Waals surface area (Å²) in [7, 11) is -9.91. The SMILES string of the molecule is CCCCCCCCCCCCCCCCCCCCCCCC(=O)O[C@H](COC(=O)CCCCCCCCCCCCCCCC)COP(=O)(O)OC[C@@H](O)COP(=O)(O)OC[C@@H](COC(=O)CCCCCCCCC(C)CC)OC(=O)CCCCCCCCCCCCCC. The first-order chi connectivity index (χ1) is 47.1. The molecule has 0 aromatic rings. The van der Waals surface area contributed by atoms with Crippen LogP contribution < -0.4 is 0 Å². The van der Waals surface area contributed by atoms with Crippen LogP contribution in [0.4, 0.5) is 0 Å². The number of phosphoric ester groups is 2. The maximum absolute atomic E-state index is 13.1. The summed E-state index contributed by atoms with van der Waals surface area (Å²) in [5.74, 6) is -1.38. The number of phosphoric acid groups is 2. The van der Waals surface area contributed by atoms with Crippen LogP contribution >= 0.6 is 15.6 Å². The Morgan fingerprint density at radius 1 is 0.289 bits per heavy atom. The van der Waals surface area contributed by atoms with Crippen molar-refractivity contribution in [3.05, 3.63) is 0 Å². The Labute approximate surface area is 594 Å². The molecule has 0 aliphatic rings. The zero-order valence-corrected chi connectivity index (χ0v) is 65.0. The minimum absolute atomic E-state index is 0.107. The molecule has 0 heterocycles. The summed E-state index contributed by atoms with van der Waals surface area (Å²) in [6.45, 7) is 7.26. The summed E-state index contributed by atoms with van der Waals surface area (Å²) < 4.78 is 68.6. The first-order valence-corrected chi connectivity index (χ1v) is 43.7. The van der Waals surface area contributed by atoms with Gasteiger partial charge < -0.3 is 33.8 Å². The summed E-state index contributed by atoms with van der Waals surface area (Å²) in [5, 5.41) is 10.6. The largest absolute Gasteiger partial charge is 0.472 e. The molecule has 0 aromatic heterocycles. The van der Waals surface area contributed by atoms with E-state index in [0.717, 1.165) is 102 Å². The minimum atomic E-state index is -4.96. The lowest BCUT2D eigenvalue weighted by Gasteiger charge is -2.21. The van der Waals surface area contributed by atoms with Gasteiger partial charge in [-0.1, -0.05) is 362 Å². The molecule has 0 bridgehead atoms. The first-order valence-electron chi connectivity index (χ1n) is 40.7. The third kappa shape index (κ3) is 70.9. The molecule has 3 unspecified atom stereocenters. The van der Waals surface area contributed by atoms with Crippen LogP contribution in [-0.2, 0) is 65.4 Å². The Morgan fingerprint density at radius 3 is 0.732 bits per heavy atom. The monoisotopic (exact) mass is 1420 g/mol. The van der Waals surface area contributed by atoms with Gasteiger partial charge in [0.2, 0.25) is 0 Å². The Balaban J connectivity index is 5.21. The van der Waals surface area contributed by atoms with E-state index in [1.165, 1.54) is 231 Å². The number of aliphatic hydroxyl groups is 1. The van der Waals surface area contributed by atoms with Gasteiger partial charge >= 0.3 is 39.5 Å². The van der Waals surface area contributed by atoms with E-state index in [4.69, 9.17) is 37.0 Å². The van der Waals surface area contributed by atoms with Crippen LogP contribution in [0.2, 0.25) is 0 Å². The third-order valence-electron chi connectivity index (χ3n) is 18.6. The Morgan fingerprint density at radius 2 is 0.495 bits per heavy atom. The second-order valence-corrected chi connectivity index (χ2v) is 31.3. The molecule has 0 rings (SSSR count). The number of esters is 4. The number of unbranched alkanes of at least 4 members (excludes halogenated alkanes) is 49. The zero-order valence-electron chi connectivity index (χ0n) is 63.2. The zero-order chi connectivity index (χ0) is 71.2. The summed E-state index contributed by atoms with van der Waals surface area (Å²) in [6.07, 6.45) is 61.1. The quantitative estimate of drug-likeness (QED) is 0.0222. The maximum atomic E-state index is 13.1. The lowest BCUT2D eigenvalue weighted by molar-refractivity contribution is -0.161. The average molecular weight is 1420 g/mol. The van der Waals surface area contributed by atoms with E-state index in [2.05, 4.69) is 34.6 Å². The van der Waals surface area contributed by atoms with Crippen LogP contribution in [0.1, 0.15) is 413 Å². The van der Waals surface area contributed by atoms with Gasteiger partial charge in [0, 0.05) is 25.7 Å². The van der Waals surface area contributed by atoms with Crippen LogP contribution in [0, 0.1) is 5.92 Å². The van der Waals surface area contributed by atoms with Crippen molar-refractivity contribution in [2.75, 3.05) is 39.6 Å². The van der Waals surface area contributed by atoms with E-state index in [9.17, 15) is 43.2 Å². The van der Waals surface area contributed by atoms with Crippen LogP contribution in [0.15, 0.2) is 0 Å². The molecule has 0 radical (unpaired) electrons. The van der Waals surface area contributed by atoms with Gasteiger partial charge in [-0.15, -0.1) is 0 Å². The molecule has 0 amide bonds. The molecule has 0 saturated heterocycles. The normalized spacial score (nSPS) is 14.2. The number of carbonyl (C=O) groups is 4. The van der Waals surface area contributed by atoms with Gasteiger partial charge in [0.25, 0.3) is 0 Å². The van der Waals surface area contributed by atoms with E-state index in [1.807, 2.05) is 0 Å². The van der Waals surface area contributed by atoms with Crippen molar-refractivity contribution in [1.82, 2.24) is 0 Å². The Bertz CT molecular complexity index is 1860. The fraction of sp³-hybridized carbons (Fsp3) is 0.949. The molecule has 0 aliphatic heterocycles. The van der Waals surface area contributed by atoms with Gasteiger partial charge in [0.05, 0.1) is 26.4 Å². The van der Waals surface area contributed by atoms with Gasteiger partial charge in [0.15, 0.2) is 12.2 Å². The highest BCUT2D eigenvalue weighted by Crippen LogP contribution is 2.45. The molecule has 19 heteroatoms. The fourth-order valence-corrected chi connectivity index (χ4v) is 13.6. The van der Waals surface area contributed by atoms with Crippen molar-refractivity contribution in [2.45, 2.75) is 432 Å². The second-order valence-electron chi connectivity index (χ2n) is 28.3. The third-order valence-corrected chi connectivity index (χ3v) is 20.5. The molecule has 0 spiro atoms. The number of hydrogen-bond donors (Lipinski definition) is 3. The number of carbonyl (C=O) groups excluding carboxylic acids is 4. The van der Waals surface area contributed by atoms with E-state index in [0.29, 0.717) is 25.7 Å². The van der Waals surface area contributed by atoms with Gasteiger partial charge in [0.1, 0.15) is 19.3 Å². The molecular formula is C78H152O17P2. The van der Waals surface area contributed by atoms with E-state index >= 15 is 0 Å². The standard InChI is InChI=1S/C78H152O17P2/c1-6-10-13-16-19-22-25-28-30-31-32-33-34-35-36-38-41-44-47-54-59-64-78(83)94-73(67-88-75(80)61-56-51-45-42-40-37-29-26-23-20-17-14-11-7-2)69-92-96(84,85)90-65-72(79)66-91-97(86,87)93-70-74(68-89-76(81)62-57-52-49-48-50-55-60-71(5)9-4)95-77(82)63-58-53-46-43-39-27-24-21-18-15-12-8-3/h71-74,79H,6-70H2,1-5H3,(H,84,85)(H,86,87)/t71?,72-,73-,74-/m1/s1. The van der Waals surface area contributed by atoms with E-state index in [1.54, 1.807) is 0 Å². The van der Waals surface area contributed by atoms with Crippen molar-refractivity contribution in [2.24, 2.45) is 5.92 Å². The van der Waals surface area contributed by atoms with Crippen molar-refractivity contribution >= 4 is 39.5 Å². The van der Waals surface area contributed by atoms with Crippen LogP contribution in [0.25, 0.3) is 0 Å². The number of aliphatic hydroxyl groups excluding tert-OH is 1. The Kier molecular flexibility index (Phi) is 69.6. The highest BCUT2D eigenvalue weighted by molar-refractivity contribution is 7.47. The Hall–Kier alpha value is -1.94. The molecule has 6 atom stereocenters. The first kappa shape index (κ1) is 95.1. The van der Waals surface area contributed by atoms with Gasteiger partial charge in [-0.2, -0.15) is 0 Å². The lowest BCUT2D eigenvalue weighted by Crippen LogP contribution is -2.30. The van der Waals surface area contributed by atoms with Crippen molar-refractivity contribution in [3.8, 4) is 0 Å². The van der Waals surface area contributed by atoms with Crippen molar-refractivity contribution in [1.29, 1.82) is 0 Å². The average Bonchev–Trinajstić information content (AvgIpc) is 3.32. The topological polar surface area (TPSA) is 237 Å². The maximum Gasteiger partial charge on any atom is 0.472 e. The number of ether oxygens (including phenoxy) is 4. The highest BCUT2D eigenvalue weighted by Gasteiger charge is 2.30. The molecule has 0 fully saturated rings. The summed E-state index contributed by atoms with van der Waals surface area (Å²) in [5.41, 5.74) is 0. The predicted octanol–water partition coefficient (Wildman–Crippen LogP) is 23.3. The summed E-state index contributed by atoms with van der Waals surface area (Å²) >= 11 is 0. The molecule has 576 valence electrons. The van der Waals surface area contributed by atoms with Crippen molar-refractivity contribution < 1.29 is 80.2 Å². The summed E-state index contributed by atoms with van der Waals surface area (Å²) in [4.78, 5) is 72.9. The molecule has 17 nitrogen and oxygen atoms in total. The molecule has 3 N–H and O–H groups in total. The minimum Gasteiger partial charge on any atom is -0.462 e.